The average molecular weight is 287 g/mol. The van der Waals surface area contributed by atoms with Crippen LogP contribution in [0.3, 0.4) is 0 Å². The molecule has 1 aromatic carbocycles. The summed E-state index contributed by atoms with van der Waals surface area (Å²) >= 11 is 0. The molecule has 1 aromatic rings. The maximum atomic E-state index is 6.46. The summed E-state index contributed by atoms with van der Waals surface area (Å²) in [5.74, 6) is 0.848. The number of fused-ring (bicyclic) bond motifs is 1. The second-order valence-corrected chi connectivity index (χ2v) is 6.90. The molecule has 2 unspecified atom stereocenters. The molecule has 0 aromatic heterocycles. The Hall–Kier alpha value is -0.860. The molecule has 1 aliphatic carbocycles. The highest BCUT2D eigenvalue weighted by molar-refractivity contribution is 5.30. The van der Waals surface area contributed by atoms with E-state index >= 15 is 0 Å². The predicted octanol–water partition coefficient (Wildman–Crippen LogP) is 4.38. The van der Waals surface area contributed by atoms with Gasteiger partial charge in [0.1, 0.15) is 0 Å². The van der Waals surface area contributed by atoms with E-state index in [4.69, 9.17) is 10.5 Å². The van der Waals surface area contributed by atoms with E-state index in [0.29, 0.717) is 0 Å². The standard InChI is InChI=1S/C19H29NO/c20-17(13-15-7-3-1-2-4-8-15)14-19-18-10-6-5-9-16(18)11-12-21-19/h5-6,9-10,15,17,19H,1-4,7-8,11-14,20H2. The lowest BCUT2D eigenvalue weighted by atomic mass is 9.88. The smallest absolute Gasteiger partial charge is 0.0842 e. The lowest BCUT2D eigenvalue weighted by molar-refractivity contribution is 0.0304. The van der Waals surface area contributed by atoms with Gasteiger partial charge in [0.2, 0.25) is 0 Å². The summed E-state index contributed by atoms with van der Waals surface area (Å²) in [5, 5.41) is 0. The Morgan fingerprint density at radius 1 is 1.05 bits per heavy atom. The van der Waals surface area contributed by atoms with Crippen LogP contribution in [0.15, 0.2) is 24.3 Å². The molecule has 2 N–H and O–H groups in total. The molecule has 1 aliphatic heterocycles. The van der Waals surface area contributed by atoms with Crippen molar-refractivity contribution in [1.82, 2.24) is 0 Å². The summed E-state index contributed by atoms with van der Waals surface area (Å²) in [6.07, 6.45) is 11.8. The van der Waals surface area contributed by atoms with Gasteiger partial charge in [0.05, 0.1) is 12.7 Å². The number of nitrogens with two attached hydrogens (primary N) is 1. The van der Waals surface area contributed by atoms with Crippen LogP contribution in [0.4, 0.5) is 0 Å². The van der Waals surface area contributed by atoms with E-state index in [1.54, 1.807) is 0 Å². The average Bonchev–Trinajstić information content (AvgIpc) is 2.76. The predicted molar refractivity (Wildman–Crippen MR) is 87.2 cm³/mol. The first kappa shape index (κ1) is 15.1. The van der Waals surface area contributed by atoms with E-state index in [0.717, 1.165) is 25.4 Å². The number of rotatable bonds is 4. The van der Waals surface area contributed by atoms with Crippen molar-refractivity contribution in [3.05, 3.63) is 35.4 Å². The van der Waals surface area contributed by atoms with Crippen LogP contribution in [-0.4, -0.2) is 12.6 Å². The summed E-state index contributed by atoms with van der Waals surface area (Å²) in [4.78, 5) is 0. The molecule has 0 spiro atoms. The summed E-state index contributed by atoms with van der Waals surface area (Å²) in [6.45, 7) is 0.845. The summed E-state index contributed by atoms with van der Waals surface area (Å²) in [5.41, 5.74) is 9.29. The number of hydrogen-bond donors (Lipinski definition) is 1. The molecule has 2 nitrogen and oxygen atoms in total. The molecule has 3 rings (SSSR count). The minimum absolute atomic E-state index is 0.218. The number of benzene rings is 1. The Kier molecular flexibility index (Phi) is 5.32. The van der Waals surface area contributed by atoms with Crippen molar-refractivity contribution in [2.24, 2.45) is 11.7 Å². The van der Waals surface area contributed by atoms with Crippen molar-refractivity contribution in [1.29, 1.82) is 0 Å². The van der Waals surface area contributed by atoms with Gasteiger partial charge in [-0.3, -0.25) is 0 Å². The van der Waals surface area contributed by atoms with Crippen LogP contribution in [0.5, 0.6) is 0 Å². The van der Waals surface area contributed by atoms with Crippen LogP contribution < -0.4 is 5.73 Å². The van der Waals surface area contributed by atoms with Gasteiger partial charge in [-0.15, -0.1) is 0 Å². The highest BCUT2D eigenvalue weighted by atomic mass is 16.5. The molecule has 2 aliphatic rings. The van der Waals surface area contributed by atoms with Crippen molar-refractivity contribution in [2.45, 2.75) is 69.9 Å². The van der Waals surface area contributed by atoms with Gasteiger partial charge in [0.15, 0.2) is 0 Å². The van der Waals surface area contributed by atoms with Crippen LogP contribution in [0.25, 0.3) is 0 Å². The molecule has 0 saturated heterocycles. The molecular weight excluding hydrogens is 258 g/mol. The lowest BCUT2D eigenvalue weighted by Gasteiger charge is -2.29. The Morgan fingerprint density at radius 3 is 2.62 bits per heavy atom. The minimum atomic E-state index is 0.218. The molecule has 21 heavy (non-hydrogen) atoms. The first-order valence-corrected chi connectivity index (χ1v) is 8.78. The van der Waals surface area contributed by atoms with Crippen molar-refractivity contribution in [3.8, 4) is 0 Å². The summed E-state index contributed by atoms with van der Waals surface area (Å²) < 4.78 is 6.01. The molecule has 2 atom stereocenters. The zero-order chi connectivity index (χ0) is 14.5. The topological polar surface area (TPSA) is 35.2 Å². The van der Waals surface area contributed by atoms with E-state index in [1.807, 2.05) is 0 Å². The maximum absolute atomic E-state index is 6.46. The first-order valence-electron chi connectivity index (χ1n) is 8.78. The SMILES string of the molecule is NC(CC1CCCCCC1)CC1OCCc2ccccc21. The second-order valence-electron chi connectivity index (χ2n) is 6.90. The first-order chi connectivity index (χ1) is 10.3. The Balaban J connectivity index is 1.56. The molecule has 116 valence electrons. The second kappa shape index (κ2) is 7.42. The molecular formula is C19H29NO. The van der Waals surface area contributed by atoms with Gasteiger partial charge in [-0.1, -0.05) is 62.8 Å². The normalized spacial score (nSPS) is 25.1. The van der Waals surface area contributed by atoms with Crippen molar-refractivity contribution < 1.29 is 4.74 Å². The van der Waals surface area contributed by atoms with Crippen molar-refractivity contribution >= 4 is 0 Å². The van der Waals surface area contributed by atoms with E-state index in [-0.39, 0.29) is 12.1 Å². The van der Waals surface area contributed by atoms with E-state index < -0.39 is 0 Å². The quantitative estimate of drug-likeness (QED) is 0.834. The van der Waals surface area contributed by atoms with Crippen molar-refractivity contribution in [3.63, 3.8) is 0 Å². The van der Waals surface area contributed by atoms with Crippen LogP contribution >= 0.6 is 0 Å². The third-order valence-corrected chi connectivity index (χ3v) is 5.22. The van der Waals surface area contributed by atoms with Gasteiger partial charge >= 0.3 is 0 Å². The molecule has 0 radical (unpaired) electrons. The molecule has 1 heterocycles. The minimum Gasteiger partial charge on any atom is -0.373 e. The van der Waals surface area contributed by atoms with Crippen molar-refractivity contribution in [2.75, 3.05) is 6.61 Å². The van der Waals surface area contributed by atoms with E-state index in [2.05, 4.69) is 24.3 Å². The Morgan fingerprint density at radius 2 is 1.81 bits per heavy atom. The molecule has 0 bridgehead atoms. The number of hydrogen-bond acceptors (Lipinski definition) is 2. The van der Waals surface area contributed by atoms with Crippen LogP contribution in [-0.2, 0) is 11.2 Å². The Labute approximate surface area is 129 Å². The maximum Gasteiger partial charge on any atom is 0.0842 e. The summed E-state index contributed by atoms with van der Waals surface area (Å²) in [6, 6.07) is 8.99. The van der Waals surface area contributed by atoms with Gasteiger partial charge < -0.3 is 10.5 Å². The fraction of sp³-hybridized carbons (Fsp3) is 0.684. The monoisotopic (exact) mass is 287 g/mol. The highest BCUT2D eigenvalue weighted by Gasteiger charge is 2.24. The van der Waals surface area contributed by atoms with Crippen LogP contribution in [0, 0.1) is 5.92 Å². The lowest BCUT2D eigenvalue weighted by Crippen LogP contribution is -2.28. The molecule has 1 saturated carbocycles. The Bertz CT molecular complexity index is 437. The fourth-order valence-electron chi connectivity index (χ4n) is 4.07. The van der Waals surface area contributed by atoms with Gasteiger partial charge in [-0.05, 0) is 36.3 Å². The van der Waals surface area contributed by atoms with Gasteiger partial charge in [0.25, 0.3) is 0 Å². The zero-order valence-corrected chi connectivity index (χ0v) is 13.1. The molecule has 2 heteroatoms. The third-order valence-electron chi connectivity index (χ3n) is 5.22. The van der Waals surface area contributed by atoms with E-state index in [1.165, 1.54) is 56.1 Å². The third kappa shape index (κ3) is 4.08. The molecule has 0 amide bonds. The van der Waals surface area contributed by atoms with E-state index in [9.17, 15) is 0 Å². The fourth-order valence-corrected chi connectivity index (χ4v) is 4.07. The highest BCUT2D eigenvalue weighted by Crippen LogP contribution is 2.33. The van der Waals surface area contributed by atoms with Crippen LogP contribution in [0.2, 0.25) is 0 Å². The summed E-state index contributed by atoms with van der Waals surface area (Å²) in [7, 11) is 0. The largest absolute Gasteiger partial charge is 0.373 e. The van der Waals surface area contributed by atoms with Crippen LogP contribution in [0.1, 0.15) is 68.6 Å². The van der Waals surface area contributed by atoms with Gasteiger partial charge in [-0.25, -0.2) is 0 Å². The molecule has 1 fully saturated rings. The van der Waals surface area contributed by atoms with Gasteiger partial charge in [-0.2, -0.15) is 0 Å². The van der Waals surface area contributed by atoms with Gasteiger partial charge in [0, 0.05) is 6.04 Å². The number of ether oxygens (including phenoxy) is 1. The zero-order valence-electron chi connectivity index (χ0n) is 13.1.